The van der Waals surface area contributed by atoms with Crippen LogP contribution in [0.3, 0.4) is 0 Å². The van der Waals surface area contributed by atoms with E-state index in [1.807, 2.05) is 30.3 Å². The van der Waals surface area contributed by atoms with Crippen LogP contribution in [0.15, 0.2) is 36.4 Å². The number of pyridine rings is 1. The van der Waals surface area contributed by atoms with Gasteiger partial charge >= 0.3 is 0 Å². The van der Waals surface area contributed by atoms with Crippen LogP contribution in [0.5, 0.6) is 0 Å². The molecule has 1 aromatic heterocycles. The molecular weight excluding hydrogens is 208 g/mol. The number of aromatic nitrogens is 1. The number of fused-ring (bicyclic) bond motifs is 1. The fourth-order valence-electron chi connectivity index (χ4n) is 1.75. The van der Waals surface area contributed by atoms with E-state index >= 15 is 0 Å². The summed E-state index contributed by atoms with van der Waals surface area (Å²) in [7, 11) is 0. The van der Waals surface area contributed by atoms with Gasteiger partial charge in [-0.3, -0.25) is 0 Å². The van der Waals surface area contributed by atoms with Crippen LogP contribution in [0.25, 0.3) is 10.9 Å². The van der Waals surface area contributed by atoms with Gasteiger partial charge in [-0.25, -0.2) is 5.84 Å². The highest BCUT2D eigenvalue weighted by Gasteiger charge is 2.09. The molecule has 2 nitrogen and oxygen atoms in total. The highest BCUT2D eigenvalue weighted by molar-refractivity contribution is 5.75. The molecule has 1 aromatic carbocycles. The highest BCUT2D eigenvalue weighted by atomic mass is 15.3. The van der Waals surface area contributed by atoms with Crippen molar-refractivity contribution in [2.24, 2.45) is 0 Å². The maximum Gasteiger partial charge on any atom is 0.286 e. The average molecular weight is 225 g/mol. The predicted molar refractivity (Wildman–Crippen MR) is 70.7 cm³/mol. The quantitative estimate of drug-likeness (QED) is 0.361. The Kier molecular flexibility index (Phi) is 3.62. The van der Waals surface area contributed by atoms with E-state index in [0.29, 0.717) is 0 Å². The lowest BCUT2D eigenvalue weighted by Gasteiger charge is -1.96. The molecular formula is C15H17N2+. The summed E-state index contributed by atoms with van der Waals surface area (Å²) in [5.41, 5.74) is 1.87. The molecule has 0 fully saturated rings. The highest BCUT2D eigenvalue weighted by Crippen LogP contribution is 2.08. The number of nitrogen functional groups attached to an aromatic ring is 1. The SMILES string of the molecule is CCCCC#Cc1ccc2ccccc2[n+]1N. The van der Waals surface area contributed by atoms with Crippen LogP contribution in [0.4, 0.5) is 0 Å². The van der Waals surface area contributed by atoms with Crippen LogP contribution >= 0.6 is 0 Å². The fraction of sp³-hybridized carbons (Fsp3) is 0.267. The Morgan fingerprint density at radius 2 is 2.00 bits per heavy atom. The molecule has 0 bridgehead atoms. The first-order chi connectivity index (χ1) is 8.33. The lowest BCUT2D eigenvalue weighted by atomic mass is 10.2. The molecule has 2 heteroatoms. The van der Waals surface area contributed by atoms with Gasteiger partial charge in [-0.15, -0.1) is 0 Å². The zero-order valence-corrected chi connectivity index (χ0v) is 10.1. The van der Waals surface area contributed by atoms with Crippen molar-refractivity contribution in [3.8, 4) is 11.8 Å². The van der Waals surface area contributed by atoms with Crippen molar-refractivity contribution in [3.05, 3.63) is 42.1 Å². The van der Waals surface area contributed by atoms with E-state index in [2.05, 4.69) is 24.8 Å². The summed E-state index contributed by atoms with van der Waals surface area (Å²) in [5.74, 6) is 12.3. The summed E-state index contributed by atoms with van der Waals surface area (Å²) in [4.78, 5) is 0. The summed E-state index contributed by atoms with van der Waals surface area (Å²) in [6.45, 7) is 2.17. The van der Waals surface area contributed by atoms with Crippen LogP contribution in [-0.4, -0.2) is 0 Å². The van der Waals surface area contributed by atoms with E-state index in [4.69, 9.17) is 5.84 Å². The second kappa shape index (κ2) is 5.36. The van der Waals surface area contributed by atoms with Gasteiger partial charge in [-0.2, -0.15) is 0 Å². The van der Waals surface area contributed by atoms with Crippen molar-refractivity contribution in [2.75, 3.05) is 5.84 Å². The molecule has 0 aliphatic heterocycles. The van der Waals surface area contributed by atoms with Crippen molar-refractivity contribution >= 4 is 10.9 Å². The first-order valence-corrected chi connectivity index (χ1v) is 6.00. The van der Waals surface area contributed by atoms with E-state index in [1.165, 1.54) is 6.42 Å². The molecule has 1 heterocycles. The van der Waals surface area contributed by atoms with E-state index in [0.717, 1.165) is 29.4 Å². The third-order valence-electron chi connectivity index (χ3n) is 2.75. The molecule has 0 saturated carbocycles. The standard InChI is InChI=1S/C15H17N2/c1-2-3-4-5-9-14-12-11-13-8-6-7-10-15(13)17(14)16/h6-8,10-12H,2-4,16H2,1H3/q+1. The lowest BCUT2D eigenvalue weighted by Crippen LogP contribution is -2.48. The predicted octanol–water partition coefficient (Wildman–Crippen LogP) is 2.38. The molecule has 0 amide bonds. The molecule has 2 N–H and O–H groups in total. The number of para-hydroxylation sites is 1. The molecule has 0 aliphatic carbocycles. The maximum atomic E-state index is 6.05. The van der Waals surface area contributed by atoms with Crippen molar-refractivity contribution < 1.29 is 4.68 Å². The number of rotatable bonds is 2. The van der Waals surface area contributed by atoms with Gasteiger partial charge in [0.05, 0.1) is 0 Å². The second-order valence-corrected chi connectivity index (χ2v) is 4.05. The Hall–Kier alpha value is -2.01. The largest absolute Gasteiger partial charge is 0.286 e. The van der Waals surface area contributed by atoms with Gasteiger partial charge in [-0.1, -0.05) is 36.1 Å². The minimum Gasteiger partial charge on any atom is -0.204 e. The minimum atomic E-state index is 0.861. The molecule has 0 unspecified atom stereocenters. The van der Waals surface area contributed by atoms with Crippen molar-refractivity contribution in [2.45, 2.75) is 26.2 Å². The Bertz CT molecular complexity index is 576. The van der Waals surface area contributed by atoms with Crippen molar-refractivity contribution in [1.29, 1.82) is 0 Å². The number of nitrogens with two attached hydrogens (primary N) is 1. The monoisotopic (exact) mass is 225 g/mol. The molecule has 0 spiro atoms. The molecule has 0 aliphatic rings. The maximum absolute atomic E-state index is 6.05. The Morgan fingerprint density at radius 1 is 1.18 bits per heavy atom. The van der Waals surface area contributed by atoms with Crippen LogP contribution < -0.4 is 10.5 Å². The Balaban J connectivity index is 2.35. The second-order valence-electron chi connectivity index (χ2n) is 4.05. The van der Waals surface area contributed by atoms with Gasteiger partial charge in [-0.05, 0) is 18.6 Å². The summed E-state index contributed by atoms with van der Waals surface area (Å²) >= 11 is 0. The van der Waals surface area contributed by atoms with Gasteiger partial charge in [0, 0.05) is 29.9 Å². The molecule has 0 atom stereocenters. The van der Waals surface area contributed by atoms with Crippen LogP contribution in [-0.2, 0) is 0 Å². The van der Waals surface area contributed by atoms with Crippen LogP contribution in [0.2, 0.25) is 0 Å². The third-order valence-corrected chi connectivity index (χ3v) is 2.75. The third kappa shape index (κ3) is 2.57. The van der Waals surface area contributed by atoms with Gasteiger partial charge in [0.15, 0.2) is 0 Å². The molecule has 0 saturated heterocycles. The molecule has 2 rings (SSSR count). The number of hydrogen-bond acceptors (Lipinski definition) is 1. The summed E-state index contributed by atoms with van der Waals surface area (Å²) in [5, 5.41) is 1.13. The van der Waals surface area contributed by atoms with Crippen LogP contribution in [0.1, 0.15) is 31.9 Å². The van der Waals surface area contributed by atoms with Crippen molar-refractivity contribution in [1.82, 2.24) is 0 Å². The summed E-state index contributed by atoms with van der Waals surface area (Å²) < 4.78 is 1.66. The fourth-order valence-corrected chi connectivity index (χ4v) is 1.75. The molecule has 86 valence electrons. The number of hydrogen-bond donors (Lipinski definition) is 1. The lowest BCUT2D eigenvalue weighted by molar-refractivity contribution is -0.614. The van der Waals surface area contributed by atoms with Gasteiger partial charge in [0.25, 0.3) is 5.69 Å². The first kappa shape index (κ1) is 11.5. The Labute approximate surface area is 102 Å². The van der Waals surface area contributed by atoms with E-state index in [1.54, 1.807) is 4.68 Å². The number of nitrogens with zero attached hydrogens (tertiary/aromatic N) is 1. The average Bonchev–Trinajstić information content (AvgIpc) is 2.37. The van der Waals surface area contributed by atoms with Gasteiger partial charge in [0.1, 0.15) is 0 Å². The zero-order valence-electron chi connectivity index (χ0n) is 10.1. The van der Waals surface area contributed by atoms with E-state index in [-0.39, 0.29) is 0 Å². The Morgan fingerprint density at radius 3 is 2.82 bits per heavy atom. The summed E-state index contributed by atoms with van der Waals surface area (Å²) in [6, 6.07) is 12.1. The molecule has 2 aromatic rings. The smallest absolute Gasteiger partial charge is 0.204 e. The number of benzene rings is 1. The topological polar surface area (TPSA) is 29.9 Å². The normalized spacial score (nSPS) is 9.94. The molecule has 17 heavy (non-hydrogen) atoms. The van der Waals surface area contributed by atoms with E-state index in [9.17, 15) is 0 Å². The van der Waals surface area contributed by atoms with Crippen LogP contribution in [0, 0.1) is 11.8 Å². The summed E-state index contributed by atoms with van der Waals surface area (Å²) in [6.07, 6.45) is 3.25. The zero-order chi connectivity index (χ0) is 12.1. The molecule has 0 radical (unpaired) electrons. The first-order valence-electron chi connectivity index (χ1n) is 6.00. The number of unbranched alkanes of at least 4 members (excludes halogenated alkanes) is 2. The minimum absolute atomic E-state index is 0.861. The van der Waals surface area contributed by atoms with E-state index < -0.39 is 0 Å². The van der Waals surface area contributed by atoms with Crippen molar-refractivity contribution in [3.63, 3.8) is 0 Å². The van der Waals surface area contributed by atoms with Gasteiger partial charge in [0.2, 0.25) is 5.52 Å². The van der Waals surface area contributed by atoms with Gasteiger partial charge < -0.3 is 0 Å².